The van der Waals surface area contributed by atoms with Gasteiger partial charge in [0.25, 0.3) is 11.8 Å². The Labute approximate surface area is 170 Å². The highest BCUT2D eigenvalue weighted by Crippen LogP contribution is 2.39. The zero-order valence-electron chi connectivity index (χ0n) is 15.2. The van der Waals surface area contributed by atoms with Gasteiger partial charge in [0.05, 0.1) is 34.9 Å². The molecular weight excluding hydrogens is 398 g/mol. The minimum atomic E-state index is -0.441. The summed E-state index contributed by atoms with van der Waals surface area (Å²) in [6.07, 6.45) is 0.728. The van der Waals surface area contributed by atoms with Gasteiger partial charge in [0.15, 0.2) is 0 Å². The van der Waals surface area contributed by atoms with E-state index in [2.05, 4.69) is 0 Å². The molecule has 3 rings (SSSR count). The number of nitrogens with zero attached hydrogens (tertiary/aromatic N) is 1. The molecule has 0 spiro atoms. The van der Waals surface area contributed by atoms with Crippen molar-refractivity contribution in [3.05, 3.63) is 57.1 Å². The van der Waals surface area contributed by atoms with Crippen LogP contribution in [-0.4, -0.2) is 41.9 Å². The van der Waals surface area contributed by atoms with E-state index in [0.717, 1.165) is 11.3 Å². The molecule has 28 heavy (non-hydrogen) atoms. The molecule has 6 nitrogen and oxygen atoms in total. The van der Waals surface area contributed by atoms with Crippen molar-refractivity contribution in [2.75, 3.05) is 23.9 Å². The van der Waals surface area contributed by atoms with Crippen LogP contribution in [0.4, 0.5) is 5.69 Å². The average molecular weight is 418 g/mol. The van der Waals surface area contributed by atoms with E-state index < -0.39 is 17.8 Å². The second kappa shape index (κ2) is 9.18. The molecule has 1 aromatic heterocycles. The molecule has 0 unspecified atom stereocenters. The molecule has 0 radical (unpaired) electrons. The van der Waals surface area contributed by atoms with Gasteiger partial charge in [-0.05, 0) is 42.1 Å². The summed E-state index contributed by atoms with van der Waals surface area (Å²) in [5.74, 6) is -0.953. The summed E-state index contributed by atoms with van der Waals surface area (Å²) in [6, 6.07) is 9.81. The van der Waals surface area contributed by atoms with E-state index >= 15 is 0 Å². The number of hydrogen-bond donors (Lipinski definition) is 1. The molecule has 0 saturated heterocycles. The Morgan fingerprint density at radius 2 is 1.93 bits per heavy atom. The number of ether oxygens (including phenoxy) is 1. The van der Waals surface area contributed by atoms with Crippen LogP contribution in [0.15, 0.2) is 46.7 Å². The number of aliphatic hydroxyl groups is 1. The van der Waals surface area contributed by atoms with Gasteiger partial charge < -0.3 is 9.84 Å². The van der Waals surface area contributed by atoms with Crippen LogP contribution in [0.5, 0.6) is 0 Å². The highest BCUT2D eigenvalue weighted by Gasteiger charge is 2.40. The van der Waals surface area contributed by atoms with Gasteiger partial charge in [-0.3, -0.25) is 9.59 Å². The van der Waals surface area contributed by atoms with Gasteiger partial charge in [-0.15, -0.1) is 23.1 Å². The maximum Gasteiger partial charge on any atom is 0.338 e. The first-order chi connectivity index (χ1) is 13.6. The van der Waals surface area contributed by atoms with Crippen molar-refractivity contribution >= 4 is 52.1 Å². The van der Waals surface area contributed by atoms with E-state index in [-0.39, 0.29) is 6.61 Å². The summed E-state index contributed by atoms with van der Waals surface area (Å²) in [5.41, 5.74) is 1.10. The van der Waals surface area contributed by atoms with Gasteiger partial charge >= 0.3 is 5.97 Å². The van der Waals surface area contributed by atoms with Crippen LogP contribution >= 0.6 is 23.1 Å². The standard InChI is InChI=1S/C20H19NO5S2/c1-2-10-26-20(25)13-5-7-14(8-6-13)21-18(23)16(15-4-3-11-27-15)17(19(21)24)28-12-9-22/h3-8,11,22H,2,9-10,12H2,1H3. The Bertz CT molecular complexity index is 903. The van der Waals surface area contributed by atoms with Crippen LogP contribution in [0.1, 0.15) is 28.6 Å². The molecule has 1 aliphatic rings. The van der Waals surface area contributed by atoms with Crippen molar-refractivity contribution in [1.82, 2.24) is 0 Å². The lowest BCUT2D eigenvalue weighted by atomic mass is 10.2. The van der Waals surface area contributed by atoms with Crippen molar-refractivity contribution in [2.45, 2.75) is 13.3 Å². The zero-order chi connectivity index (χ0) is 20.1. The summed E-state index contributed by atoms with van der Waals surface area (Å²) in [4.78, 5) is 40.1. The van der Waals surface area contributed by atoms with E-state index in [0.29, 0.717) is 39.0 Å². The summed E-state index contributed by atoms with van der Waals surface area (Å²) in [7, 11) is 0. The number of amides is 2. The van der Waals surface area contributed by atoms with Gasteiger partial charge in [0.1, 0.15) is 0 Å². The number of carbonyl (C=O) groups excluding carboxylic acids is 3. The third-order valence-corrected chi connectivity index (χ3v) is 5.89. The zero-order valence-corrected chi connectivity index (χ0v) is 16.8. The highest BCUT2D eigenvalue weighted by atomic mass is 32.2. The van der Waals surface area contributed by atoms with E-state index in [9.17, 15) is 14.4 Å². The lowest BCUT2D eigenvalue weighted by molar-refractivity contribution is -0.119. The molecule has 1 aromatic carbocycles. The van der Waals surface area contributed by atoms with Crippen LogP contribution in [0.3, 0.4) is 0 Å². The number of hydrogen-bond acceptors (Lipinski definition) is 7. The lowest BCUT2D eigenvalue weighted by Crippen LogP contribution is -2.31. The van der Waals surface area contributed by atoms with Crippen molar-refractivity contribution in [3.8, 4) is 0 Å². The number of anilines is 1. The maximum atomic E-state index is 13.0. The predicted octanol–water partition coefficient (Wildman–Crippen LogP) is 3.32. The second-order valence-corrected chi connectivity index (χ2v) is 7.93. The Morgan fingerprint density at radius 1 is 1.18 bits per heavy atom. The number of rotatable bonds is 8. The van der Waals surface area contributed by atoms with Crippen LogP contribution in [0.2, 0.25) is 0 Å². The van der Waals surface area contributed by atoms with Gasteiger partial charge in [0, 0.05) is 10.6 Å². The monoisotopic (exact) mass is 417 g/mol. The summed E-state index contributed by atoms with van der Waals surface area (Å²) in [6.45, 7) is 2.15. The van der Waals surface area contributed by atoms with E-state index in [1.807, 2.05) is 18.4 Å². The molecule has 0 atom stereocenters. The Hall–Kier alpha value is -2.42. The summed E-state index contributed by atoms with van der Waals surface area (Å²) in [5, 5.41) is 11.0. The number of aliphatic hydroxyl groups excluding tert-OH is 1. The first-order valence-corrected chi connectivity index (χ1v) is 10.6. The number of thioether (sulfide) groups is 1. The minimum Gasteiger partial charge on any atom is -0.462 e. The first-order valence-electron chi connectivity index (χ1n) is 8.76. The molecule has 1 aliphatic heterocycles. The third-order valence-electron chi connectivity index (χ3n) is 3.95. The number of benzene rings is 1. The van der Waals surface area contributed by atoms with Gasteiger partial charge in [-0.25, -0.2) is 9.69 Å². The van der Waals surface area contributed by atoms with Crippen molar-refractivity contribution in [2.24, 2.45) is 0 Å². The molecule has 2 aromatic rings. The van der Waals surface area contributed by atoms with E-state index in [1.54, 1.807) is 18.2 Å². The van der Waals surface area contributed by atoms with Crippen molar-refractivity contribution in [1.29, 1.82) is 0 Å². The fraction of sp³-hybridized carbons (Fsp3) is 0.250. The molecule has 0 fully saturated rings. The fourth-order valence-corrected chi connectivity index (χ4v) is 4.37. The molecule has 0 bridgehead atoms. The Balaban J connectivity index is 1.88. The normalized spacial score (nSPS) is 14.1. The second-order valence-electron chi connectivity index (χ2n) is 5.88. The third kappa shape index (κ3) is 4.04. The van der Waals surface area contributed by atoms with E-state index in [1.165, 1.54) is 35.2 Å². The van der Waals surface area contributed by atoms with Crippen LogP contribution in [0.25, 0.3) is 5.57 Å². The maximum absolute atomic E-state index is 13.0. The number of carbonyl (C=O) groups is 3. The van der Waals surface area contributed by atoms with Crippen molar-refractivity contribution in [3.63, 3.8) is 0 Å². The number of imide groups is 1. The molecule has 1 N–H and O–H groups in total. The quantitative estimate of drug-likeness (QED) is 0.524. The molecule has 0 aliphatic carbocycles. The summed E-state index contributed by atoms with van der Waals surface area (Å²) >= 11 is 2.55. The van der Waals surface area contributed by atoms with Crippen LogP contribution in [0, 0.1) is 0 Å². The van der Waals surface area contributed by atoms with E-state index in [4.69, 9.17) is 9.84 Å². The summed E-state index contributed by atoms with van der Waals surface area (Å²) < 4.78 is 5.09. The molecule has 2 amide bonds. The SMILES string of the molecule is CCCOC(=O)c1ccc(N2C(=O)C(SCCO)=C(c3cccs3)C2=O)cc1. The lowest BCUT2D eigenvalue weighted by Gasteiger charge is -2.15. The Morgan fingerprint density at radius 3 is 2.54 bits per heavy atom. The van der Waals surface area contributed by atoms with Crippen LogP contribution in [-0.2, 0) is 14.3 Å². The minimum absolute atomic E-state index is 0.0953. The number of thiophene rings is 1. The van der Waals surface area contributed by atoms with Gasteiger partial charge in [-0.2, -0.15) is 0 Å². The molecule has 0 saturated carbocycles. The largest absolute Gasteiger partial charge is 0.462 e. The van der Waals surface area contributed by atoms with Crippen molar-refractivity contribution < 1.29 is 24.2 Å². The first kappa shape index (κ1) is 20.3. The highest BCUT2D eigenvalue weighted by molar-refractivity contribution is 8.04. The molecule has 2 heterocycles. The van der Waals surface area contributed by atoms with Crippen LogP contribution < -0.4 is 4.90 Å². The Kier molecular flexibility index (Phi) is 6.66. The average Bonchev–Trinajstić information content (AvgIpc) is 3.31. The predicted molar refractivity (Wildman–Crippen MR) is 110 cm³/mol. The van der Waals surface area contributed by atoms with Gasteiger partial charge in [0.2, 0.25) is 0 Å². The fourth-order valence-electron chi connectivity index (χ4n) is 2.69. The molecular formula is C20H19NO5S2. The molecule has 146 valence electrons. The van der Waals surface area contributed by atoms with Gasteiger partial charge in [-0.1, -0.05) is 13.0 Å². The number of esters is 1. The smallest absolute Gasteiger partial charge is 0.338 e. The molecule has 8 heteroatoms. The topological polar surface area (TPSA) is 83.9 Å².